The first kappa shape index (κ1) is 25.1. The van der Waals surface area contributed by atoms with E-state index in [4.69, 9.17) is 0 Å². The molecule has 1 heterocycles. The summed E-state index contributed by atoms with van der Waals surface area (Å²) in [6.07, 6.45) is 0. The van der Waals surface area contributed by atoms with Gasteiger partial charge in [-0.05, 0) is 85.9 Å². The van der Waals surface area contributed by atoms with Crippen LogP contribution in [0.4, 0.5) is 17.1 Å². The van der Waals surface area contributed by atoms with E-state index in [2.05, 4.69) is 169 Å². The monoisotopic (exact) mass is 577 g/mol. The third kappa shape index (κ3) is 4.00. The number of nitrogens with zero attached hydrogens (tertiary/aromatic N) is 1. The van der Waals surface area contributed by atoms with Gasteiger partial charge in [0.05, 0.1) is 5.69 Å². The number of hydrogen-bond donors (Lipinski definition) is 0. The molecule has 0 aliphatic carbocycles. The van der Waals surface area contributed by atoms with Crippen LogP contribution in [0.2, 0.25) is 0 Å². The van der Waals surface area contributed by atoms with Gasteiger partial charge in [-0.3, -0.25) is 0 Å². The van der Waals surface area contributed by atoms with Crippen LogP contribution >= 0.6 is 11.3 Å². The van der Waals surface area contributed by atoms with E-state index in [1.807, 2.05) is 11.3 Å². The third-order valence-electron chi connectivity index (χ3n) is 8.84. The first-order valence-corrected chi connectivity index (χ1v) is 15.8. The molecule has 0 saturated heterocycles. The van der Waals surface area contributed by atoms with Crippen LogP contribution < -0.4 is 4.90 Å². The molecule has 0 spiro atoms. The normalized spacial score (nSPS) is 11.6. The van der Waals surface area contributed by atoms with Crippen LogP contribution in [0, 0.1) is 0 Å². The van der Waals surface area contributed by atoms with Crippen molar-refractivity contribution in [3.8, 4) is 11.1 Å². The van der Waals surface area contributed by atoms with Gasteiger partial charge in [-0.2, -0.15) is 0 Å². The Hall–Kier alpha value is -5.44. The summed E-state index contributed by atoms with van der Waals surface area (Å²) >= 11 is 1.86. The van der Waals surface area contributed by atoms with Gasteiger partial charge >= 0.3 is 0 Å². The highest BCUT2D eigenvalue weighted by atomic mass is 32.1. The standard InChI is InChI=1S/C42H27NS/c1-3-12-34-28(9-1)11-7-15-35(34)30-21-24-32(25-22-30)43(39-16-8-18-41-42(39)37-14-5-6-17-40(37)44-41)33-26-23-31-20-19-29-10-2-4-13-36(29)38(31)27-33/h1-27H. The molecule has 0 N–H and O–H groups in total. The average molecular weight is 578 g/mol. The SMILES string of the molecule is c1ccc2c(-c3ccc(N(c4ccc5ccc6ccccc6c5c4)c4cccc5sc6ccccc6c45)cc3)cccc2c1. The lowest BCUT2D eigenvalue weighted by molar-refractivity contribution is 1.31. The molecule has 1 aromatic heterocycles. The molecule has 1 nitrogen and oxygen atoms in total. The van der Waals surface area contributed by atoms with E-state index < -0.39 is 0 Å². The minimum atomic E-state index is 1.14. The van der Waals surface area contributed by atoms with Gasteiger partial charge in [-0.15, -0.1) is 11.3 Å². The molecule has 0 aliphatic heterocycles. The molecular formula is C42H27NS. The lowest BCUT2D eigenvalue weighted by atomic mass is 9.97. The molecule has 2 heteroatoms. The summed E-state index contributed by atoms with van der Waals surface area (Å²) in [6, 6.07) is 59.8. The summed E-state index contributed by atoms with van der Waals surface area (Å²) in [4.78, 5) is 2.44. The Labute approximate surface area is 259 Å². The van der Waals surface area contributed by atoms with Crippen molar-refractivity contribution in [3.63, 3.8) is 0 Å². The number of rotatable bonds is 4. The van der Waals surface area contributed by atoms with Gasteiger partial charge < -0.3 is 4.90 Å². The summed E-state index contributed by atoms with van der Waals surface area (Å²) in [6.45, 7) is 0. The third-order valence-corrected chi connectivity index (χ3v) is 9.97. The molecule has 206 valence electrons. The largest absolute Gasteiger partial charge is 0.310 e. The summed E-state index contributed by atoms with van der Waals surface area (Å²) in [5, 5.41) is 10.2. The smallest absolute Gasteiger partial charge is 0.0554 e. The van der Waals surface area contributed by atoms with Crippen LogP contribution in [0.3, 0.4) is 0 Å². The van der Waals surface area contributed by atoms with Crippen molar-refractivity contribution >= 4 is 80.9 Å². The molecule has 8 aromatic carbocycles. The van der Waals surface area contributed by atoms with E-state index in [1.54, 1.807) is 0 Å². The predicted octanol–water partition coefficient (Wildman–Crippen LogP) is 12.7. The molecule has 0 aliphatic rings. The van der Waals surface area contributed by atoms with Gasteiger partial charge in [0.25, 0.3) is 0 Å². The molecule has 44 heavy (non-hydrogen) atoms. The molecule has 0 fully saturated rings. The fourth-order valence-corrected chi connectivity index (χ4v) is 7.89. The number of thiophene rings is 1. The van der Waals surface area contributed by atoms with Crippen molar-refractivity contribution in [2.24, 2.45) is 0 Å². The Morgan fingerprint density at radius 3 is 1.82 bits per heavy atom. The van der Waals surface area contributed by atoms with E-state index in [0.29, 0.717) is 0 Å². The van der Waals surface area contributed by atoms with E-state index in [1.165, 1.54) is 69.3 Å². The van der Waals surface area contributed by atoms with E-state index in [-0.39, 0.29) is 0 Å². The Balaban J connectivity index is 1.28. The zero-order chi connectivity index (χ0) is 29.0. The number of anilines is 3. The molecule has 0 amide bonds. The van der Waals surface area contributed by atoms with Crippen molar-refractivity contribution < 1.29 is 0 Å². The van der Waals surface area contributed by atoms with Crippen molar-refractivity contribution in [1.29, 1.82) is 0 Å². The average Bonchev–Trinajstić information content (AvgIpc) is 3.48. The molecule has 0 radical (unpaired) electrons. The highest BCUT2D eigenvalue weighted by Gasteiger charge is 2.19. The van der Waals surface area contributed by atoms with Crippen molar-refractivity contribution in [2.45, 2.75) is 0 Å². The first-order chi connectivity index (χ1) is 21.8. The molecule has 9 rings (SSSR count). The first-order valence-electron chi connectivity index (χ1n) is 15.0. The minimum absolute atomic E-state index is 1.14. The molecule has 9 aromatic rings. The summed E-state index contributed by atoms with van der Waals surface area (Å²) < 4.78 is 2.61. The zero-order valence-corrected chi connectivity index (χ0v) is 24.8. The molecule has 0 atom stereocenters. The minimum Gasteiger partial charge on any atom is -0.310 e. The van der Waals surface area contributed by atoms with E-state index >= 15 is 0 Å². The van der Waals surface area contributed by atoms with E-state index in [0.717, 1.165) is 11.4 Å². The second-order valence-corrected chi connectivity index (χ2v) is 12.4. The highest BCUT2D eigenvalue weighted by molar-refractivity contribution is 7.26. The summed E-state index contributed by atoms with van der Waals surface area (Å²) in [7, 11) is 0. The van der Waals surface area contributed by atoms with Gasteiger partial charge in [0.2, 0.25) is 0 Å². The van der Waals surface area contributed by atoms with Crippen LogP contribution in [0.1, 0.15) is 0 Å². The Kier molecular flexibility index (Phi) is 5.75. The number of benzene rings is 8. The number of hydrogen-bond acceptors (Lipinski definition) is 2. The van der Waals surface area contributed by atoms with Crippen LogP contribution in [-0.2, 0) is 0 Å². The molecule has 0 bridgehead atoms. The maximum absolute atomic E-state index is 2.44. The fourth-order valence-electron chi connectivity index (χ4n) is 6.77. The quantitative estimate of drug-likeness (QED) is 0.188. The van der Waals surface area contributed by atoms with Gasteiger partial charge in [0.1, 0.15) is 0 Å². The second kappa shape index (κ2) is 10.1. The van der Waals surface area contributed by atoms with E-state index in [9.17, 15) is 0 Å². The molecular weight excluding hydrogens is 551 g/mol. The highest BCUT2D eigenvalue weighted by Crippen LogP contribution is 2.46. The summed E-state index contributed by atoms with van der Waals surface area (Å²) in [5.41, 5.74) is 5.95. The molecule has 0 saturated carbocycles. The Morgan fingerprint density at radius 1 is 0.386 bits per heavy atom. The maximum atomic E-state index is 2.44. The van der Waals surface area contributed by atoms with Crippen molar-refractivity contribution in [3.05, 3.63) is 164 Å². The zero-order valence-electron chi connectivity index (χ0n) is 23.9. The van der Waals surface area contributed by atoms with Crippen LogP contribution in [-0.4, -0.2) is 0 Å². The van der Waals surface area contributed by atoms with Gasteiger partial charge in [-0.25, -0.2) is 0 Å². The number of fused-ring (bicyclic) bond motifs is 7. The maximum Gasteiger partial charge on any atom is 0.0554 e. The summed E-state index contributed by atoms with van der Waals surface area (Å²) in [5.74, 6) is 0. The van der Waals surface area contributed by atoms with Crippen molar-refractivity contribution in [1.82, 2.24) is 0 Å². The van der Waals surface area contributed by atoms with Crippen LogP contribution in [0.5, 0.6) is 0 Å². The van der Waals surface area contributed by atoms with Gasteiger partial charge in [-0.1, -0.05) is 121 Å². The topological polar surface area (TPSA) is 3.24 Å². The molecule has 0 unspecified atom stereocenters. The van der Waals surface area contributed by atoms with Crippen LogP contribution in [0.15, 0.2) is 164 Å². The second-order valence-electron chi connectivity index (χ2n) is 11.3. The van der Waals surface area contributed by atoms with Gasteiger partial charge in [0, 0.05) is 31.5 Å². The Morgan fingerprint density at radius 2 is 0.977 bits per heavy atom. The van der Waals surface area contributed by atoms with Crippen molar-refractivity contribution in [2.75, 3.05) is 4.90 Å². The van der Waals surface area contributed by atoms with Gasteiger partial charge in [0.15, 0.2) is 0 Å². The Bertz CT molecular complexity index is 2500. The van der Waals surface area contributed by atoms with Crippen LogP contribution in [0.25, 0.3) is 63.6 Å². The lowest BCUT2D eigenvalue weighted by Crippen LogP contribution is -2.10. The lowest BCUT2D eigenvalue weighted by Gasteiger charge is -2.27. The predicted molar refractivity (Wildman–Crippen MR) is 192 cm³/mol. The fraction of sp³-hybridized carbons (Fsp3) is 0.